The molecule has 1 unspecified atom stereocenters. The summed E-state index contributed by atoms with van der Waals surface area (Å²) in [4.78, 5) is 18.9. The van der Waals surface area contributed by atoms with Crippen molar-refractivity contribution in [3.63, 3.8) is 0 Å². The molecule has 0 saturated carbocycles. The first-order valence-corrected chi connectivity index (χ1v) is 5.11. The summed E-state index contributed by atoms with van der Waals surface area (Å²) in [7, 11) is 1.62. The summed E-state index contributed by atoms with van der Waals surface area (Å²) in [5, 5.41) is 3.11. The number of methoxy groups -OCH3 is 1. The fourth-order valence-electron chi connectivity index (χ4n) is 1.82. The lowest BCUT2D eigenvalue weighted by Gasteiger charge is -2.12. The van der Waals surface area contributed by atoms with Crippen molar-refractivity contribution >= 4 is 0 Å². The fraction of sp³-hybridized carbons (Fsp3) is 0.600. The van der Waals surface area contributed by atoms with Crippen LogP contribution in [0.5, 0.6) is 0 Å². The second-order valence-corrected chi connectivity index (χ2v) is 3.61. The smallest absolute Gasteiger partial charge is 0.255 e. The van der Waals surface area contributed by atoms with Gasteiger partial charge in [-0.15, -0.1) is 0 Å². The van der Waals surface area contributed by atoms with Crippen molar-refractivity contribution in [2.45, 2.75) is 32.5 Å². The summed E-state index contributed by atoms with van der Waals surface area (Å²) in [5.41, 5.74) is 1.56. The first kappa shape index (κ1) is 10.3. The van der Waals surface area contributed by atoms with E-state index in [0.29, 0.717) is 18.9 Å². The Labute approximate surface area is 87.9 Å². The van der Waals surface area contributed by atoms with Crippen LogP contribution in [0.15, 0.2) is 4.79 Å². The molecule has 5 heteroatoms. The average molecular weight is 209 g/mol. The molecule has 0 amide bonds. The Morgan fingerprint density at radius 2 is 2.33 bits per heavy atom. The number of hydrogen-bond acceptors (Lipinski definition) is 4. The largest absolute Gasteiger partial charge is 0.374 e. The molecular weight excluding hydrogens is 194 g/mol. The molecule has 2 heterocycles. The summed E-state index contributed by atoms with van der Waals surface area (Å²) < 4.78 is 5.25. The zero-order valence-electron chi connectivity index (χ0n) is 8.96. The molecule has 1 aliphatic rings. The molecule has 1 aromatic heterocycles. The van der Waals surface area contributed by atoms with Crippen molar-refractivity contribution in [3.05, 3.63) is 27.4 Å². The minimum absolute atomic E-state index is 0.0458. The average Bonchev–Trinajstić information content (AvgIpc) is 2.68. The fourth-order valence-corrected chi connectivity index (χ4v) is 1.82. The number of aromatic nitrogens is 2. The van der Waals surface area contributed by atoms with Gasteiger partial charge < -0.3 is 15.0 Å². The van der Waals surface area contributed by atoms with Crippen LogP contribution in [0.3, 0.4) is 0 Å². The molecule has 0 bridgehead atoms. The number of nitrogens with one attached hydrogen (secondary N) is 2. The number of hydrogen-bond donors (Lipinski definition) is 2. The van der Waals surface area contributed by atoms with Crippen LogP contribution in [0.2, 0.25) is 0 Å². The maximum atomic E-state index is 11.7. The van der Waals surface area contributed by atoms with Crippen molar-refractivity contribution in [2.75, 3.05) is 7.11 Å². The highest BCUT2D eigenvalue weighted by atomic mass is 16.5. The van der Waals surface area contributed by atoms with Gasteiger partial charge in [-0.1, -0.05) is 6.92 Å². The van der Waals surface area contributed by atoms with Crippen LogP contribution in [0.4, 0.5) is 0 Å². The Balaban J connectivity index is 2.43. The van der Waals surface area contributed by atoms with E-state index in [1.54, 1.807) is 7.11 Å². The summed E-state index contributed by atoms with van der Waals surface area (Å²) in [6, 6.07) is 0. The molecule has 0 aromatic carbocycles. The highest BCUT2D eigenvalue weighted by Gasteiger charge is 2.19. The van der Waals surface area contributed by atoms with Crippen molar-refractivity contribution < 1.29 is 4.74 Å². The van der Waals surface area contributed by atoms with Gasteiger partial charge >= 0.3 is 0 Å². The predicted octanol–water partition coefficient (Wildman–Crippen LogP) is 0.471. The Morgan fingerprint density at radius 3 is 3.00 bits per heavy atom. The second kappa shape index (κ2) is 4.12. The molecule has 0 radical (unpaired) electrons. The van der Waals surface area contributed by atoms with Crippen molar-refractivity contribution in [1.29, 1.82) is 0 Å². The molecule has 15 heavy (non-hydrogen) atoms. The van der Waals surface area contributed by atoms with Gasteiger partial charge in [0.1, 0.15) is 11.9 Å². The molecular formula is C10H15N3O2. The highest BCUT2D eigenvalue weighted by molar-refractivity contribution is 5.22. The van der Waals surface area contributed by atoms with Crippen molar-refractivity contribution in [2.24, 2.45) is 0 Å². The molecule has 2 rings (SSSR count). The van der Waals surface area contributed by atoms with E-state index < -0.39 is 0 Å². The number of aromatic amines is 1. The quantitative estimate of drug-likeness (QED) is 0.759. The number of fused-ring (bicyclic) bond motifs is 1. The zero-order valence-corrected chi connectivity index (χ0v) is 8.96. The zero-order chi connectivity index (χ0) is 10.8. The standard InChI is InChI=1S/C10H15N3O2/c1-3-8(15-2)9-12-7-5-11-4-6(7)10(14)13-9/h8,11H,3-5H2,1-2H3,(H,12,13,14). The minimum atomic E-state index is -0.122. The van der Waals surface area contributed by atoms with Gasteiger partial charge in [-0.3, -0.25) is 4.79 Å². The molecule has 0 spiro atoms. The number of rotatable bonds is 3. The van der Waals surface area contributed by atoms with Gasteiger partial charge in [0.05, 0.1) is 11.3 Å². The summed E-state index contributed by atoms with van der Waals surface area (Å²) in [5.74, 6) is 0.632. The summed E-state index contributed by atoms with van der Waals surface area (Å²) in [6.45, 7) is 3.29. The van der Waals surface area contributed by atoms with Gasteiger partial charge in [0.2, 0.25) is 0 Å². The molecule has 1 atom stereocenters. The number of H-pyrrole nitrogens is 1. The molecule has 0 fully saturated rings. The van der Waals surface area contributed by atoms with E-state index in [2.05, 4.69) is 15.3 Å². The van der Waals surface area contributed by atoms with E-state index in [4.69, 9.17) is 4.74 Å². The van der Waals surface area contributed by atoms with Gasteiger partial charge in [-0.05, 0) is 6.42 Å². The van der Waals surface area contributed by atoms with Crippen LogP contribution in [0.1, 0.15) is 36.5 Å². The Morgan fingerprint density at radius 1 is 1.53 bits per heavy atom. The minimum Gasteiger partial charge on any atom is -0.374 e. The van der Waals surface area contributed by atoms with Crippen LogP contribution in [0, 0.1) is 0 Å². The van der Waals surface area contributed by atoms with Gasteiger partial charge in [0.25, 0.3) is 5.56 Å². The molecule has 0 saturated heterocycles. The van der Waals surface area contributed by atoms with Crippen molar-refractivity contribution in [3.8, 4) is 0 Å². The maximum Gasteiger partial charge on any atom is 0.255 e. The van der Waals surface area contributed by atoms with E-state index in [9.17, 15) is 4.79 Å². The van der Waals surface area contributed by atoms with E-state index in [1.165, 1.54) is 0 Å². The number of nitrogens with zero attached hydrogens (tertiary/aromatic N) is 1. The van der Waals surface area contributed by atoms with E-state index in [0.717, 1.165) is 17.7 Å². The molecule has 82 valence electrons. The summed E-state index contributed by atoms with van der Waals surface area (Å²) >= 11 is 0. The summed E-state index contributed by atoms with van der Waals surface area (Å²) in [6.07, 6.45) is 0.676. The third-order valence-electron chi connectivity index (χ3n) is 2.67. The van der Waals surface area contributed by atoms with Crippen molar-refractivity contribution in [1.82, 2.24) is 15.3 Å². The SMILES string of the molecule is CCC(OC)c1nc2c(c(=O)[nH]1)CNC2. The van der Waals surface area contributed by atoms with E-state index in [-0.39, 0.29) is 11.7 Å². The molecule has 2 N–H and O–H groups in total. The van der Waals surface area contributed by atoms with Crippen LogP contribution in [-0.4, -0.2) is 17.1 Å². The van der Waals surface area contributed by atoms with Crippen LogP contribution in [0.25, 0.3) is 0 Å². The lowest BCUT2D eigenvalue weighted by Crippen LogP contribution is -2.19. The Kier molecular flexibility index (Phi) is 2.83. The first-order valence-electron chi connectivity index (χ1n) is 5.11. The lowest BCUT2D eigenvalue weighted by atomic mass is 10.2. The third-order valence-corrected chi connectivity index (χ3v) is 2.67. The third kappa shape index (κ3) is 1.80. The second-order valence-electron chi connectivity index (χ2n) is 3.61. The van der Waals surface area contributed by atoms with E-state index in [1.807, 2.05) is 6.92 Å². The first-order chi connectivity index (χ1) is 7.26. The normalized spacial score (nSPS) is 16.4. The highest BCUT2D eigenvalue weighted by Crippen LogP contribution is 2.17. The maximum absolute atomic E-state index is 11.7. The monoisotopic (exact) mass is 209 g/mol. The van der Waals surface area contributed by atoms with Crippen LogP contribution < -0.4 is 10.9 Å². The molecule has 1 aliphatic heterocycles. The number of ether oxygens (including phenoxy) is 1. The van der Waals surface area contributed by atoms with Gasteiger partial charge in [-0.25, -0.2) is 4.98 Å². The molecule has 5 nitrogen and oxygen atoms in total. The predicted molar refractivity (Wildman–Crippen MR) is 55.4 cm³/mol. The molecule has 1 aromatic rings. The Bertz CT molecular complexity index is 410. The Hall–Kier alpha value is -1.20. The van der Waals surface area contributed by atoms with Gasteiger partial charge in [0, 0.05) is 20.2 Å². The van der Waals surface area contributed by atoms with Crippen LogP contribution in [-0.2, 0) is 17.8 Å². The topological polar surface area (TPSA) is 67.0 Å². The van der Waals surface area contributed by atoms with Gasteiger partial charge in [-0.2, -0.15) is 0 Å². The van der Waals surface area contributed by atoms with Crippen LogP contribution >= 0.6 is 0 Å². The molecule has 0 aliphatic carbocycles. The van der Waals surface area contributed by atoms with Gasteiger partial charge in [0.15, 0.2) is 0 Å². The van der Waals surface area contributed by atoms with E-state index >= 15 is 0 Å². The lowest BCUT2D eigenvalue weighted by molar-refractivity contribution is 0.0921.